The molecule has 1 aliphatic heterocycles. The zero-order valence-corrected chi connectivity index (χ0v) is 18.1. The van der Waals surface area contributed by atoms with Gasteiger partial charge in [-0.25, -0.2) is 18.4 Å². The number of carbonyl (C=O) groups excluding carboxylic acids is 1. The number of nitrogens with one attached hydrogen (secondary N) is 1. The van der Waals surface area contributed by atoms with Crippen molar-refractivity contribution in [2.75, 3.05) is 33.2 Å². The van der Waals surface area contributed by atoms with E-state index < -0.39 is 15.1 Å². The fourth-order valence-corrected chi connectivity index (χ4v) is 4.52. The van der Waals surface area contributed by atoms with Gasteiger partial charge in [-0.15, -0.1) is 0 Å². The highest BCUT2D eigenvalue weighted by atomic mass is 32.2. The van der Waals surface area contributed by atoms with Crippen LogP contribution in [0, 0.1) is 0 Å². The van der Waals surface area contributed by atoms with E-state index in [-0.39, 0.29) is 10.8 Å². The molecule has 1 aromatic carbocycles. The summed E-state index contributed by atoms with van der Waals surface area (Å²) in [6.45, 7) is 6.37. The Labute approximate surface area is 175 Å². The molecule has 1 fully saturated rings. The average Bonchev–Trinajstić information content (AvgIpc) is 3.17. The number of amides is 1. The molecule has 4 rings (SSSR count). The van der Waals surface area contributed by atoms with E-state index in [0.717, 1.165) is 18.7 Å². The normalized spacial score (nSPS) is 15.8. The molecule has 3 aromatic rings. The minimum absolute atomic E-state index is 0.0563. The number of hydrogen-bond donors (Lipinski definition) is 1. The van der Waals surface area contributed by atoms with Crippen molar-refractivity contribution in [2.24, 2.45) is 0 Å². The molecule has 158 valence electrons. The van der Waals surface area contributed by atoms with Crippen LogP contribution in [0.15, 0.2) is 41.6 Å². The molecule has 0 aliphatic carbocycles. The highest BCUT2D eigenvalue weighted by Crippen LogP contribution is 2.24. The standard InChI is InChI=1S/C21H25N5O3S/c1-14(2)30(28,29)16-6-4-15(5-7-16)18-13-23-20-19(24-18)17(12-22-20)21(27)26-10-8-25(3)9-11-26/h4-7,12-14H,8-11H2,1-3H3,(H,22,23). The maximum absolute atomic E-state index is 13.0. The summed E-state index contributed by atoms with van der Waals surface area (Å²) in [5, 5.41) is -0.484. The molecule has 0 bridgehead atoms. The van der Waals surface area contributed by atoms with Crippen molar-refractivity contribution < 1.29 is 13.2 Å². The Morgan fingerprint density at radius 1 is 1.10 bits per heavy atom. The molecule has 1 amide bonds. The lowest BCUT2D eigenvalue weighted by atomic mass is 10.1. The molecule has 1 aliphatic rings. The first-order valence-electron chi connectivity index (χ1n) is 9.93. The third kappa shape index (κ3) is 3.70. The summed E-state index contributed by atoms with van der Waals surface area (Å²) in [5.74, 6) is -0.0563. The number of aromatic nitrogens is 3. The number of aromatic amines is 1. The first-order chi connectivity index (χ1) is 14.3. The van der Waals surface area contributed by atoms with Crippen LogP contribution in [0.5, 0.6) is 0 Å². The zero-order valence-electron chi connectivity index (χ0n) is 17.3. The Morgan fingerprint density at radius 3 is 2.40 bits per heavy atom. The van der Waals surface area contributed by atoms with Crippen molar-refractivity contribution in [1.29, 1.82) is 0 Å². The molecule has 3 heterocycles. The van der Waals surface area contributed by atoms with Gasteiger partial charge in [-0.2, -0.15) is 0 Å². The van der Waals surface area contributed by atoms with E-state index in [1.54, 1.807) is 50.5 Å². The lowest BCUT2D eigenvalue weighted by Gasteiger charge is -2.32. The summed E-state index contributed by atoms with van der Waals surface area (Å²) in [7, 11) is -1.29. The molecule has 0 saturated carbocycles. The van der Waals surface area contributed by atoms with Crippen molar-refractivity contribution in [3.8, 4) is 11.3 Å². The highest BCUT2D eigenvalue weighted by Gasteiger charge is 2.24. The van der Waals surface area contributed by atoms with Crippen LogP contribution in [0.4, 0.5) is 0 Å². The second-order valence-electron chi connectivity index (χ2n) is 7.87. The number of nitrogens with zero attached hydrogens (tertiary/aromatic N) is 4. The Hall–Kier alpha value is -2.78. The highest BCUT2D eigenvalue weighted by molar-refractivity contribution is 7.92. The Morgan fingerprint density at radius 2 is 1.77 bits per heavy atom. The van der Waals surface area contributed by atoms with Crippen molar-refractivity contribution in [1.82, 2.24) is 24.8 Å². The Bertz CT molecular complexity index is 1180. The second kappa shape index (κ2) is 7.81. The summed E-state index contributed by atoms with van der Waals surface area (Å²) in [4.78, 5) is 29.4. The van der Waals surface area contributed by atoms with Crippen molar-refractivity contribution in [3.05, 3.63) is 42.2 Å². The molecule has 0 radical (unpaired) electrons. The fourth-order valence-electron chi connectivity index (χ4n) is 3.46. The van der Waals surface area contributed by atoms with E-state index >= 15 is 0 Å². The largest absolute Gasteiger partial charge is 0.344 e. The van der Waals surface area contributed by atoms with Gasteiger partial charge in [0.05, 0.1) is 27.6 Å². The summed E-state index contributed by atoms with van der Waals surface area (Å²) < 4.78 is 24.7. The van der Waals surface area contributed by atoms with Crippen molar-refractivity contribution >= 4 is 26.9 Å². The van der Waals surface area contributed by atoms with Gasteiger partial charge in [-0.1, -0.05) is 12.1 Å². The van der Waals surface area contributed by atoms with Gasteiger partial charge in [0.2, 0.25) is 0 Å². The van der Waals surface area contributed by atoms with Crippen molar-refractivity contribution in [3.63, 3.8) is 0 Å². The molecule has 0 atom stereocenters. The van der Waals surface area contributed by atoms with Gasteiger partial charge in [0.15, 0.2) is 15.5 Å². The summed E-state index contributed by atoms with van der Waals surface area (Å²) in [5.41, 5.74) is 2.91. The van der Waals surface area contributed by atoms with Gasteiger partial charge in [-0.05, 0) is 33.0 Å². The van der Waals surface area contributed by atoms with E-state index in [4.69, 9.17) is 0 Å². The minimum Gasteiger partial charge on any atom is -0.344 e. The Kier molecular flexibility index (Phi) is 5.33. The third-order valence-corrected chi connectivity index (χ3v) is 7.67. The molecular weight excluding hydrogens is 402 g/mol. The minimum atomic E-state index is -3.33. The molecule has 30 heavy (non-hydrogen) atoms. The molecule has 0 unspecified atom stereocenters. The number of H-pyrrole nitrogens is 1. The number of piperazine rings is 1. The van der Waals surface area contributed by atoms with E-state index in [2.05, 4.69) is 19.9 Å². The van der Waals surface area contributed by atoms with Crippen LogP contribution in [0.3, 0.4) is 0 Å². The van der Waals surface area contributed by atoms with Gasteiger partial charge in [0, 0.05) is 37.9 Å². The number of likely N-dealkylation sites (N-methyl/N-ethyl adjacent to an activating group) is 1. The van der Waals surface area contributed by atoms with Crippen LogP contribution in [-0.2, 0) is 9.84 Å². The lowest BCUT2D eigenvalue weighted by molar-refractivity contribution is 0.0666. The maximum atomic E-state index is 13.0. The van der Waals surface area contributed by atoms with Gasteiger partial charge in [0.1, 0.15) is 5.52 Å². The number of rotatable bonds is 4. The average molecular weight is 428 g/mol. The lowest BCUT2D eigenvalue weighted by Crippen LogP contribution is -2.47. The van der Waals surface area contributed by atoms with E-state index in [9.17, 15) is 13.2 Å². The number of fused-ring (bicyclic) bond motifs is 1. The van der Waals surface area contributed by atoms with Crippen molar-refractivity contribution in [2.45, 2.75) is 24.0 Å². The first-order valence-corrected chi connectivity index (χ1v) is 11.5. The predicted molar refractivity (Wildman–Crippen MR) is 115 cm³/mol. The summed E-state index contributed by atoms with van der Waals surface area (Å²) in [6.07, 6.45) is 3.28. The molecule has 1 saturated heterocycles. The van der Waals surface area contributed by atoms with Gasteiger partial charge in [0.25, 0.3) is 5.91 Å². The third-order valence-electron chi connectivity index (χ3n) is 5.50. The van der Waals surface area contributed by atoms with E-state index in [0.29, 0.717) is 35.5 Å². The number of carbonyl (C=O) groups is 1. The topological polar surface area (TPSA) is 99.3 Å². The number of sulfone groups is 1. The van der Waals surface area contributed by atoms with Crippen LogP contribution in [0.2, 0.25) is 0 Å². The van der Waals surface area contributed by atoms with E-state index in [1.807, 2.05) is 11.9 Å². The SMILES string of the molecule is CC(C)S(=O)(=O)c1ccc(-c2cnc3[nH]cc(C(=O)N4CCN(C)CC4)c3n2)cc1. The molecular formula is C21H25N5O3S. The number of benzene rings is 1. The van der Waals surface area contributed by atoms with Crippen LogP contribution in [-0.4, -0.2) is 77.6 Å². The second-order valence-corrected chi connectivity index (χ2v) is 10.4. The molecule has 0 spiro atoms. The summed E-state index contributed by atoms with van der Waals surface area (Å²) >= 11 is 0. The molecule has 2 aromatic heterocycles. The monoisotopic (exact) mass is 427 g/mol. The van der Waals surface area contributed by atoms with E-state index in [1.165, 1.54) is 0 Å². The van der Waals surface area contributed by atoms with Gasteiger partial charge >= 0.3 is 0 Å². The Balaban J connectivity index is 1.65. The van der Waals surface area contributed by atoms with Gasteiger partial charge < -0.3 is 14.8 Å². The predicted octanol–water partition coefficient (Wildman–Crippen LogP) is 2.19. The van der Waals surface area contributed by atoms with Gasteiger partial charge in [-0.3, -0.25) is 4.79 Å². The molecule has 9 heteroatoms. The number of hydrogen-bond acceptors (Lipinski definition) is 6. The molecule has 1 N–H and O–H groups in total. The maximum Gasteiger partial charge on any atom is 0.257 e. The van der Waals surface area contributed by atoms with Crippen LogP contribution in [0.1, 0.15) is 24.2 Å². The summed E-state index contributed by atoms with van der Waals surface area (Å²) in [6, 6.07) is 6.62. The molecule has 8 nitrogen and oxygen atoms in total. The zero-order chi connectivity index (χ0) is 21.5. The van der Waals surface area contributed by atoms with Crippen LogP contribution >= 0.6 is 0 Å². The van der Waals surface area contributed by atoms with Crippen LogP contribution in [0.25, 0.3) is 22.4 Å². The first kappa shape index (κ1) is 20.5. The fraction of sp³-hybridized carbons (Fsp3) is 0.381. The van der Waals surface area contributed by atoms with Crippen LogP contribution < -0.4 is 0 Å². The smallest absolute Gasteiger partial charge is 0.257 e. The quantitative estimate of drug-likeness (QED) is 0.685.